The monoisotopic (exact) mass is 366 g/mol. The van der Waals surface area contributed by atoms with Crippen LogP contribution in [-0.4, -0.2) is 36.2 Å². The van der Waals surface area contributed by atoms with Crippen LogP contribution in [0.15, 0.2) is 54.6 Å². The van der Waals surface area contributed by atoms with E-state index in [0.29, 0.717) is 17.9 Å². The number of carbonyl (C=O) groups is 1. The number of benzene rings is 2. The van der Waals surface area contributed by atoms with Crippen molar-refractivity contribution in [3.63, 3.8) is 0 Å². The van der Waals surface area contributed by atoms with Crippen molar-refractivity contribution in [2.75, 3.05) is 19.3 Å². The molecule has 0 bridgehead atoms. The maximum absolute atomic E-state index is 12.9. The summed E-state index contributed by atoms with van der Waals surface area (Å²) in [5.41, 5.74) is 3.78. The average molecular weight is 367 g/mol. The molecule has 2 fully saturated rings. The zero-order chi connectivity index (χ0) is 17.9. The first-order chi connectivity index (χ1) is 12.8. The van der Waals surface area contributed by atoms with Gasteiger partial charge >= 0.3 is 0 Å². The van der Waals surface area contributed by atoms with E-state index in [2.05, 4.69) is 64.4 Å². The van der Waals surface area contributed by atoms with E-state index in [1.54, 1.807) is 11.9 Å². The normalized spacial score (nSPS) is 25.1. The Hall–Kier alpha value is -1.78. The number of nitrogens with one attached hydrogen (secondary N) is 1. The maximum atomic E-state index is 12.9. The van der Waals surface area contributed by atoms with Gasteiger partial charge in [-0.2, -0.15) is 0 Å². The molecule has 2 aromatic carbocycles. The topological polar surface area (TPSA) is 32.3 Å². The fraction of sp³-hybridized carbons (Fsp3) is 0.409. The van der Waals surface area contributed by atoms with E-state index in [1.165, 1.54) is 23.1 Å². The molecular formula is C22H26N2OS. The van der Waals surface area contributed by atoms with E-state index in [1.807, 2.05) is 6.07 Å². The molecule has 0 radical (unpaired) electrons. The van der Waals surface area contributed by atoms with Crippen molar-refractivity contribution in [2.24, 2.45) is 5.92 Å². The molecule has 26 heavy (non-hydrogen) atoms. The van der Waals surface area contributed by atoms with Crippen LogP contribution in [0.2, 0.25) is 0 Å². The molecule has 2 aromatic rings. The van der Waals surface area contributed by atoms with Gasteiger partial charge < -0.3 is 4.90 Å². The number of hydrogen-bond acceptors (Lipinski definition) is 3. The molecular weight excluding hydrogens is 340 g/mol. The zero-order valence-corrected chi connectivity index (χ0v) is 16.0. The summed E-state index contributed by atoms with van der Waals surface area (Å²) in [7, 11) is 0. The van der Waals surface area contributed by atoms with Gasteiger partial charge in [0.15, 0.2) is 0 Å². The van der Waals surface area contributed by atoms with E-state index in [-0.39, 0.29) is 5.92 Å². The summed E-state index contributed by atoms with van der Waals surface area (Å²) in [6.07, 6.45) is 5.32. The van der Waals surface area contributed by atoms with E-state index in [9.17, 15) is 4.79 Å². The summed E-state index contributed by atoms with van der Waals surface area (Å²) in [5, 5.41) is 0. The van der Waals surface area contributed by atoms with Crippen molar-refractivity contribution < 1.29 is 4.79 Å². The largest absolute Gasteiger partial charge is 0.341 e. The number of hydrogen-bond donors (Lipinski definition) is 1. The molecule has 3 unspecified atom stereocenters. The van der Waals surface area contributed by atoms with Crippen LogP contribution >= 0.6 is 11.9 Å². The third kappa shape index (κ3) is 3.81. The third-order valence-corrected chi connectivity index (χ3v) is 6.14. The van der Waals surface area contributed by atoms with Crippen molar-refractivity contribution in [1.29, 1.82) is 0 Å². The van der Waals surface area contributed by atoms with E-state index >= 15 is 0 Å². The molecule has 1 heterocycles. The summed E-state index contributed by atoms with van der Waals surface area (Å²) in [4.78, 5) is 15.0. The van der Waals surface area contributed by atoms with Crippen molar-refractivity contribution in [3.05, 3.63) is 60.2 Å². The lowest BCUT2D eigenvalue weighted by atomic mass is 10.0. The number of nitrogens with zero attached hydrogens (tertiary/aromatic N) is 1. The van der Waals surface area contributed by atoms with Crippen LogP contribution in [-0.2, 0) is 4.79 Å². The molecule has 136 valence electrons. The average Bonchev–Trinajstić information content (AvgIpc) is 3.50. The van der Waals surface area contributed by atoms with E-state index < -0.39 is 0 Å². The molecule has 1 amide bonds. The Labute approximate surface area is 160 Å². The first-order valence-electron chi connectivity index (χ1n) is 9.49. The van der Waals surface area contributed by atoms with Crippen LogP contribution in [0, 0.1) is 5.92 Å². The summed E-state index contributed by atoms with van der Waals surface area (Å²) in [6, 6.07) is 19.6. The molecule has 2 aliphatic rings. The summed E-state index contributed by atoms with van der Waals surface area (Å²) < 4.78 is 3.42. The van der Waals surface area contributed by atoms with Gasteiger partial charge in [0.05, 0.1) is 0 Å². The van der Waals surface area contributed by atoms with Gasteiger partial charge in [0, 0.05) is 25.0 Å². The number of carbonyl (C=O) groups excluding carboxylic acids is 1. The molecule has 4 heteroatoms. The smallest absolute Gasteiger partial charge is 0.226 e. The highest BCUT2D eigenvalue weighted by Gasteiger charge is 2.46. The van der Waals surface area contributed by atoms with Gasteiger partial charge in [0.1, 0.15) is 0 Å². The van der Waals surface area contributed by atoms with Crippen LogP contribution in [0.5, 0.6) is 0 Å². The molecule has 1 saturated heterocycles. The first-order valence-corrected chi connectivity index (χ1v) is 10.7. The second-order valence-electron chi connectivity index (χ2n) is 7.38. The lowest BCUT2D eigenvalue weighted by molar-refractivity contribution is -0.133. The van der Waals surface area contributed by atoms with Gasteiger partial charge in [-0.3, -0.25) is 9.52 Å². The minimum Gasteiger partial charge on any atom is -0.341 e. The number of piperidine rings is 1. The van der Waals surface area contributed by atoms with Crippen LogP contribution < -0.4 is 4.72 Å². The van der Waals surface area contributed by atoms with Crippen LogP contribution in [0.1, 0.15) is 30.7 Å². The van der Waals surface area contributed by atoms with Crippen molar-refractivity contribution in [2.45, 2.75) is 31.2 Å². The highest BCUT2D eigenvalue weighted by molar-refractivity contribution is 7.96. The summed E-state index contributed by atoms with van der Waals surface area (Å²) in [5.74, 6) is 0.946. The Balaban J connectivity index is 1.38. The zero-order valence-electron chi connectivity index (χ0n) is 15.2. The second-order valence-corrected chi connectivity index (χ2v) is 8.03. The van der Waals surface area contributed by atoms with Gasteiger partial charge in [-0.05, 0) is 48.1 Å². The molecule has 3 atom stereocenters. The first kappa shape index (κ1) is 17.6. The molecule has 4 rings (SSSR count). The second kappa shape index (κ2) is 7.85. The predicted octanol–water partition coefficient (Wildman–Crippen LogP) is 4.32. The number of amides is 1. The van der Waals surface area contributed by atoms with Crippen molar-refractivity contribution >= 4 is 17.9 Å². The van der Waals surface area contributed by atoms with E-state index in [0.717, 1.165) is 25.9 Å². The highest BCUT2D eigenvalue weighted by Crippen LogP contribution is 2.49. The highest BCUT2D eigenvalue weighted by atomic mass is 32.2. The molecule has 0 spiro atoms. The van der Waals surface area contributed by atoms with Crippen LogP contribution in [0.3, 0.4) is 0 Å². The molecule has 0 aromatic heterocycles. The predicted molar refractivity (Wildman–Crippen MR) is 109 cm³/mol. The lowest BCUT2D eigenvalue weighted by Crippen LogP contribution is -2.46. The minimum atomic E-state index is 0.186. The summed E-state index contributed by atoms with van der Waals surface area (Å²) in [6.45, 7) is 1.78. The Morgan fingerprint density at radius 1 is 1.08 bits per heavy atom. The van der Waals surface area contributed by atoms with Crippen LogP contribution in [0.4, 0.5) is 0 Å². The Morgan fingerprint density at radius 3 is 2.54 bits per heavy atom. The maximum Gasteiger partial charge on any atom is 0.226 e. The van der Waals surface area contributed by atoms with Gasteiger partial charge in [-0.15, -0.1) is 0 Å². The molecule has 1 aliphatic carbocycles. The number of likely N-dealkylation sites (tertiary alicyclic amines) is 1. The lowest BCUT2D eigenvalue weighted by Gasteiger charge is -2.33. The number of rotatable bonds is 5. The quantitative estimate of drug-likeness (QED) is 0.800. The van der Waals surface area contributed by atoms with Gasteiger partial charge in [-0.1, -0.05) is 66.5 Å². The fourth-order valence-corrected chi connectivity index (χ4v) is 4.59. The SMILES string of the molecule is CSNC1CCCN(C(=O)C2CC2c2ccc(-c3ccccc3)cc2)C1. The third-order valence-electron chi connectivity index (χ3n) is 5.57. The Morgan fingerprint density at radius 2 is 1.81 bits per heavy atom. The van der Waals surface area contributed by atoms with Crippen molar-refractivity contribution in [3.8, 4) is 11.1 Å². The molecule has 1 saturated carbocycles. The Kier molecular flexibility index (Phi) is 5.32. The van der Waals surface area contributed by atoms with Gasteiger partial charge in [0.2, 0.25) is 5.91 Å². The molecule has 1 aliphatic heterocycles. The Bertz CT molecular complexity index is 744. The van der Waals surface area contributed by atoms with E-state index in [4.69, 9.17) is 0 Å². The fourth-order valence-electron chi connectivity index (χ4n) is 4.06. The summed E-state index contributed by atoms with van der Waals surface area (Å²) >= 11 is 1.65. The molecule has 3 nitrogen and oxygen atoms in total. The minimum absolute atomic E-state index is 0.186. The molecule has 1 N–H and O–H groups in total. The van der Waals surface area contributed by atoms with Crippen LogP contribution in [0.25, 0.3) is 11.1 Å². The van der Waals surface area contributed by atoms with Gasteiger partial charge in [0.25, 0.3) is 0 Å². The van der Waals surface area contributed by atoms with Crippen molar-refractivity contribution in [1.82, 2.24) is 9.62 Å². The van der Waals surface area contributed by atoms with Gasteiger partial charge in [-0.25, -0.2) is 0 Å². The standard InChI is InChI=1S/C22H26N2OS/c1-26-23-19-8-5-13-24(15-19)22(25)21-14-20(21)18-11-9-17(10-12-18)16-6-3-2-4-7-16/h2-4,6-7,9-12,19-21,23H,5,8,13-15H2,1H3.